The summed E-state index contributed by atoms with van der Waals surface area (Å²) in [5.41, 5.74) is 3.26. The van der Waals surface area contributed by atoms with Gasteiger partial charge in [0.15, 0.2) is 0 Å². The van der Waals surface area contributed by atoms with Crippen LogP contribution in [-0.2, 0) is 6.42 Å². The normalized spacial score (nSPS) is 16.3. The van der Waals surface area contributed by atoms with E-state index >= 15 is 0 Å². The van der Waals surface area contributed by atoms with Gasteiger partial charge < -0.3 is 10.3 Å². The van der Waals surface area contributed by atoms with Crippen molar-refractivity contribution < 1.29 is 4.79 Å². The molecular weight excluding hydrogens is 336 g/mol. The summed E-state index contributed by atoms with van der Waals surface area (Å²) >= 11 is 5.94. The lowest BCUT2D eigenvalue weighted by molar-refractivity contribution is 0.0933. The van der Waals surface area contributed by atoms with Gasteiger partial charge in [0.05, 0.1) is 12.5 Å². The number of carbonyl (C=O) groups is 1. The standard InChI is InChI=1S/C19H23ClN4O/c1-14(11-22-19(25)18-12-21-13-23-18)24-8-6-16(7-9-24)10-15-2-4-17(20)5-3-15/h2-6,12-14H,7-11H2,1H3,(H,21,23)(H,22,25). The van der Waals surface area contributed by atoms with Gasteiger partial charge in [-0.3, -0.25) is 9.69 Å². The molecular formula is C19H23ClN4O. The van der Waals surface area contributed by atoms with Crippen molar-refractivity contribution in [2.45, 2.75) is 25.8 Å². The molecule has 1 aromatic carbocycles. The smallest absolute Gasteiger partial charge is 0.269 e. The van der Waals surface area contributed by atoms with Gasteiger partial charge in [-0.05, 0) is 37.5 Å². The number of nitrogens with zero attached hydrogens (tertiary/aromatic N) is 2. The van der Waals surface area contributed by atoms with Crippen molar-refractivity contribution in [1.29, 1.82) is 0 Å². The molecule has 1 amide bonds. The number of hydrogen-bond acceptors (Lipinski definition) is 3. The molecule has 6 heteroatoms. The molecule has 0 saturated carbocycles. The number of hydrogen-bond donors (Lipinski definition) is 2. The van der Waals surface area contributed by atoms with E-state index in [9.17, 15) is 4.79 Å². The average Bonchev–Trinajstić information content (AvgIpc) is 3.17. The van der Waals surface area contributed by atoms with E-state index in [1.165, 1.54) is 23.7 Å². The van der Waals surface area contributed by atoms with Gasteiger partial charge in [0.2, 0.25) is 0 Å². The molecule has 1 atom stereocenters. The molecule has 0 saturated heterocycles. The van der Waals surface area contributed by atoms with Crippen LogP contribution in [0.5, 0.6) is 0 Å². The number of rotatable bonds is 6. The molecule has 0 aliphatic carbocycles. The largest absolute Gasteiger partial charge is 0.349 e. The quantitative estimate of drug-likeness (QED) is 0.780. The van der Waals surface area contributed by atoms with Crippen LogP contribution in [0.25, 0.3) is 0 Å². The van der Waals surface area contributed by atoms with Crippen molar-refractivity contribution >= 4 is 17.5 Å². The molecule has 3 rings (SSSR count). The summed E-state index contributed by atoms with van der Waals surface area (Å²) in [7, 11) is 0. The zero-order valence-electron chi connectivity index (χ0n) is 14.3. The van der Waals surface area contributed by atoms with Crippen LogP contribution in [0.1, 0.15) is 29.4 Å². The minimum atomic E-state index is -0.111. The van der Waals surface area contributed by atoms with Gasteiger partial charge in [0.1, 0.15) is 5.69 Å². The van der Waals surface area contributed by atoms with Crippen LogP contribution >= 0.6 is 11.6 Å². The van der Waals surface area contributed by atoms with E-state index in [-0.39, 0.29) is 5.91 Å². The Kier molecular flexibility index (Phi) is 5.89. The molecule has 1 aliphatic rings. The molecule has 2 heterocycles. The van der Waals surface area contributed by atoms with Gasteiger partial charge in [0.25, 0.3) is 5.91 Å². The van der Waals surface area contributed by atoms with Crippen LogP contribution in [0.2, 0.25) is 5.02 Å². The number of H-pyrrole nitrogens is 1. The van der Waals surface area contributed by atoms with E-state index in [1.54, 1.807) is 0 Å². The fraction of sp³-hybridized carbons (Fsp3) is 0.368. The highest BCUT2D eigenvalue weighted by molar-refractivity contribution is 6.30. The lowest BCUT2D eigenvalue weighted by atomic mass is 9.99. The molecule has 5 nitrogen and oxygen atoms in total. The van der Waals surface area contributed by atoms with Crippen LogP contribution < -0.4 is 5.32 Å². The minimum absolute atomic E-state index is 0.111. The van der Waals surface area contributed by atoms with Crippen LogP contribution in [-0.4, -0.2) is 46.5 Å². The first kappa shape index (κ1) is 17.7. The lowest BCUT2D eigenvalue weighted by Gasteiger charge is -2.32. The van der Waals surface area contributed by atoms with Crippen molar-refractivity contribution in [1.82, 2.24) is 20.2 Å². The van der Waals surface area contributed by atoms with E-state index in [2.05, 4.69) is 45.3 Å². The summed E-state index contributed by atoms with van der Waals surface area (Å²) in [5, 5.41) is 3.73. The molecule has 2 aromatic rings. The topological polar surface area (TPSA) is 61.0 Å². The number of carbonyl (C=O) groups excluding carboxylic acids is 1. The molecule has 0 radical (unpaired) electrons. The summed E-state index contributed by atoms with van der Waals surface area (Å²) in [5.74, 6) is -0.111. The zero-order chi connectivity index (χ0) is 17.6. The minimum Gasteiger partial charge on any atom is -0.349 e. The lowest BCUT2D eigenvalue weighted by Crippen LogP contribution is -2.44. The fourth-order valence-electron chi connectivity index (χ4n) is 3.00. The summed E-state index contributed by atoms with van der Waals surface area (Å²) < 4.78 is 0. The monoisotopic (exact) mass is 358 g/mol. The highest BCUT2D eigenvalue weighted by atomic mass is 35.5. The molecule has 1 aliphatic heterocycles. The highest BCUT2D eigenvalue weighted by Gasteiger charge is 2.18. The summed E-state index contributed by atoms with van der Waals surface area (Å²) in [6.07, 6.45) is 7.39. The third-order valence-corrected chi connectivity index (χ3v) is 4.86. The van der Waals surface area contributed by atoms with Gasteiger partial charge in [-0.2, -0.15) is 0 Å². The maximum atomic E-state index is 12.0. The number of amides is 1. The van der Waals surface area contributed by atoms with E-state index < -0.39 is 0 Å². The molecule has 1 unspecified atom stereocenters. The van der Waals surface area contributed by atoms with E-state index in [4.69, 9.17) is 11.6 Å². The number of halogens is 1. The van der Waals surface area contributed by atoms with E-state index in [0.717, 1.165) is 31.0 Å². The van der Waals surface area contributed by atoms with E-state index in [1.807, 2.05) is 12.1 Å². The highest BCUT2D eigenvalue weighted by Crippen LogP contribution is 2.19. The fourth-order valence-corrected chi connectivity index (χ4v) is 3.12. The summed E-state index contributed by atoms with van der Waals surface area (Å²) in [4.78, 5) is 21.0. The van der Waals surface area contributed by atoms with Crippen LogP contribution in [0, 0.1) is 0 Å². The zero-order valence-corrected chi connectivity index (χ0v) is 15.1. The van der Waals surface area contributed by atoms with Gasteiger partial charge >= 0.3 is 0 Å². The Morgan fingerprint density at radius 3 is 2.84 bits per heavy atom. The number of benzene rings is 1. The van der Waals surface area contributed by atoms with Gasteiger partial charge in [-0.15, -0.1) is 0 Å². The first-order chi connectivity index (χ1) is 12.1. The SMILES string of the molecule is CC(CNC(=O)c1cnc[nH]1)N1CC=C(Cc2ccc(Cl)cc2)CC1. The van der Waals surface area contributed by atoms with Gasteiger partial charge in [0, 0.05) is 30.7 Å². The van der Waals surface area contributed by atoms with Crippen molar-refractivity contribution in [2.24, 2.45) is 0 Å². The first-order valence-electron chi connectivity index (χ1n) is 8.55. The summed E-state index contributed by atoms with van der Waals surface area (Å²) in [6.45, 7) is 4.70. The Morgan fingerprint density at radius 2 is 2.20 bits per heavy atom. The number of aromatic nitrogens is 2. The predicted octanol–water partition coefficient (Wildman–Crippen LogP) is 3.06. The molecule has 132 valence electrons. The number of aromatic amines is 1. The van der Waals surface area contributed by atoms with Crippen LogP contribution in [0.15, 0.2) is 48.4 Å². The molecule has 25 heavy (non-hydrogen) atoms. The third kappa shape index (κ3) is 4.94. The van der Waals surface area contributed by atoms with E-state index in [0.29, 0.717) is 18.3 Å². The second kappa shape index (κ2) is 8.32. The van der Waals surface area contributed by atoms with Gasteiger partial charge in [-0.25, -0.2) is 4.98 Å². The Bertz CT molecular complexity index is 724. The molecule has 0 bridgehead atoms. The number of nitrogens with one attached hydrogen (secondary N) is 2. The van der Waals surface area contributed by atoms with Gasteiger partial charge in [-0.1, -0.05) is 35.4 Å². The maximum absolute atomic E-state index is 12.0. The Morgan fingerprint density at radius 1 is 1.40 bits per heavy atom. The first-order valence-corrected chi connectivity index (χ1v) is 8.92. The Labute approximate surface area is 153 Å². The second-order valence-electron chi connectivity index (χ2n) is 6.43. The van der Waals surface area contributed by atoms with Crippen molar-refractivity contribution in [3.05, 3.63) is 64.7 Å². The van der Waals surface area contributed by atoms with Crippen molar-refractivity contribution in [3.63, 3.8) is 0 Å². The molecule has 0 fully saturated rings. The second-order valence-corrected chi connectivity index (χ2v) is 6.87. The van der Waals surface area contributed by atoms with Crippen LogP contribution in [0.3, 0.4) is 0 Å². The molecule has 1 aromatic heterocycles. The van der Waals surface area contributed by atoms with Crippen LogP contribution in [0.4, 0.5) is 0 Å². The van der Waals surface area contributed by atoms with Crippen molar-refractivity contribution in [3.8, 4) is 0 Å². The third-order valence-electron chi connectivity index (χ3n) is 4.60. The predicted molar refractivity (Wildman–Crippen MR) is 99.8 cm³/mol. The average molecular weight is 359 g/mol. The molecule has 0 spiro atoms. The molecule has 2 N–H and O–H groups in total. The maximum Gasteiger partial charge on any atom is 0.269 e. The number of imidazole rings is 1. The summed E-state index contributed by atoms with van der Waals surface area (Å²) in [6, 6.07) is 8.35. The Hall–Kier alpha value is -2.11. The Balaban J connectivity index is 1.46. The van der Waals surface area contributed by atoms with Crippen molar-refractivity contribution in [2.75, 3.05) is 19.6 Å².